The highest BCUT2D eigenvalue weighted by molar-refractivity contribution is 7.89. The Morgan fingerprint density at radius 2 is 1.93 bits per heavy atom. The van der Waals surface area contributed by atoms with Crippen molar-refractivity contribution in [2.75, 3.05) is 11.9 Å². The lowest BCUT2D eigenvalue weighted by atomic mass is 10.2. The summed E-state index contributed by atoms with van der Waals surface area (Å²) in [5, 5.41) is 5.54. The van der Waals surface area contributed by atoms with Crippen molar-refractivity contribution in [3.8, 4) is 5.75 Å². The maximum Gasteiger partial charge on any atom is 0.257 e. The molecule has 1 amide bonds. The van der Waals surface area contributed by atoms with E-state index in [1.807, 2.05) is 13.8 Å². The van der Waals surface area contributed by atoms with Crippen molar-refractivity contribution in [1.29, 1.82) is 0 Å². The van der Waals surface area contributed by atoms with E-state index in [4.69, 9.17) is 17.0 Å². The molecule has 30 heavy (non-hydrogen) atoms. The number of amides is 1. The molecule has 0 aliphatic rings. The molecule has 2 aromatic rings. The predicted molar refractivity (Wildman–Crippen MR) is 122 cm³/mol. The molecule has 0 bridgehead atoms. The Balaban J connectivity index is 1.98. The van der Waals surface area contributed by atoms with E-state index in [9.17, 15) is 13.2 Å². The van der Waals surface area contributed by atoms with Gasteiger partial charge in [0.1, 0.15) is 5.75 Å². The zero-order chi connectivity index (χ0) is 22.1. The first-order valence-corrected chi connectivity index (χ1v) is 11.2. The maximum atomic E-state index is 12.4. The fraction of sp³-hybridized carbons (Fsp3) is 0.238. The van der Waals surface area contributed by atoms with Gasteiger partial charge in [0, 0.05) is 17.8 Å². The van der Waals surface area contributed by atoms with Crippen LogP contribution in [0, 0.1) is 0 Å². The highest BCUT2D eigenvalue weighted by atomic mass is 32.2. The van der Waals surface area contributed by atoms with Crippen molar-refractivity contribution in [1.82, 2.24) is 10.0 Å². The van der Waals surface area contributed by atoms with Crippen molar-refractivity contribution in [2.24, 2.45) is 0 Å². The first kappa shape index (κ1) is 23.5. The first-order chi connectivity index (χ1) is 14.2. The topological polar surface area (TPSA) is 96.5 Å². The molecule has 160 valence electrons. The molecule has 0 aliphatic carbocycles. The number of carbonyl (C=O) groups is 1. The van der Waals surface area contributed by atoms with Crippen LogP contribution in [0.4, 0.5) is 5.69 Å². The number of hydrogen-bond acceptors (Lipinski definition) is 5. The van der Waals surface area contributed by atoms with Crippen molar-refractivity contribution in [3.63, 3.8) is 0 Å². The highest BCUT2D eigenvalue weighted by Gasteiger charge is 2.13. The van der Waals surface area contributed by atoms with Crippen LogP contribution in [-0.2, 0) is 10.0 Å². The lowest BCUT2D eigenvalue weighted by Crippen LogP contribution is -2.34. The molecular weight excluding hydrogens is 422 g/mol. The van der Waals surface area contributed by atoms with Gasteiger partial charge in [-0.15, -0.1) is 6.58 Å². The number of carbonyl (C=O) groups excluding carboxylic acids is 1. The van der Waals surface area contributed by atoms with Crippen LogP contribution < -0.4 is 20.1 Å². The highest BCUT2D eigenvalue weighted by Crippen LogP contribution is 2.16. The summed E-state index contributed by atoms with van der Waals surface area (Å²) < 4.78 is 32.3. The van der Waals surface area contributed by atoms with Gasteiger partial charge in [-0.2, -0.15) is 0 Å². The zero-order valence-corrected chi connectivity index (χ0v) is 18.5. The molecule has 0 spiro atoms. The van der Waals surface area contributed by atoms with E-state index in [2.05, 4.69) is 21.9 Å². The Morgan fingerprint density at radius 3 is 2.57 bits per heavy atom. The van der Waals surface area contributed by atoms with E-state index in [1.54, 1.807) is 36.4 Å². The Bertz CT molecular complexity index is 1010. The number of rotatable bonds is 9. The van der Waals surface area contributed by atoms with Crippen LogP contribution in [-0.4, -0.2) is 32.1 Å². The molecule has 0 radical (unpaired) electrons. The Kier molecular flexibility index (Phi) is 8.52. The van der Waals surface area contributed by atoms with Crippen LogP contribution in [0.2, 0.25) is 0 Å². The van der Waals surface area contributed by atoms with Gasteiger partial charge in [0.15, 0.2) is 5.11 Å². The van der Waals surface area contributed by atoms with Gasteiger partial charge in [-0.3, -0.25) is 10.1 Å². The van der Waals surface area contributed by atoms with Crippen LogP contribution in [0.1, 0.15) is 30.6 Å². The standard InChI is InChI=1S/C21H25N3O4S2/c1-4-13-22-30(26,27)19-11-9-17(10-12-19)23-21(29)24-20(25)16-7-6-8-18(14-16)28-15(3)5-2/h4,6-12,14-15,22H,1,5,13H2,2-3H3,(H2,23,24,25,29). The molecule has 0 aromatic heterocycles. The van der Waals surface area contributed by atoms with Crippen molar-refractivity contribution >= 4 is 38.9 Å². The van der Waals surface area contributed by atoms with E-state index in [0.29, 0.717) is 17.0 Å². The number of nitrogens with one attached hydrogen (secondary N) is 3. The van der Waals surface area contributed by atoms with E-state index in [-0.39, 0.29) is 28.6 Å². The molecule has 9 heteroatoms. The monoisotopic (exact) mass is 447 g/mol. The van der Waals surface area contributed by atoms with Gasteiger partial charge < -0.3 is 10.1 Å². The molecule has 0 saturated carbocycles. The van der Waals surface area contributed by atoms with Gasteiger partial charge in [0.05, 0.1) is 11.0 Å². The number of benzene rings is 2. The van der Waals surface area contributed by atoms with E-state index < -0.39 is 10.0 Å². The lowest BCUT2D eigenvalue weighted by molar-refractivity contribution is 0.0977. The third-order valence-electron chi connectivity index (χ3n) is 4.08. The number of anilines is 1. The smallest absolute Gasteiger partial charge is 0.257 e. The molecule has 0 heterocycles. The summed E-state index contributed by atoms with van der Waals surface area (Å²) >= 11 is 5.18. The van der Waals surface area contributed by atoms with Gasteiger partial charge in [-0.25, -0.2) is 13.1 Å². The Hall–Kier alpha value is -2.75. The molecule has 3 N–H and O–H groups in total. The van der Waals surface area contributed by atoms with Crippen molar-refractivity contribution in [2.45, 2.75) is 31.3 Å². The average Bonchev–Trinajstić information content (AvgIpc) is 2.72. The summed E-state index contributed by atoms with van der Waals surface area (Å²) in [5.41, 5.74) is 0.950. The molecule has 0 saturated heterocycles. The zero-order valence-electron chi connectivity index (χ0n) is 16.8. The molecular formula is C21H25N3O4S2. The van der Waals surface area contributed by atoms with Crippen LogP contribution >= 0.6 is 12.2 Å². The summed E-state index contributed by atoms with van der Waals surface area (Å²) in [7, 11) is -3.60. The summed E-state index contributed by atoms with van der Waals surface area (Å²) in [4.78, 5) is 12.6. The minimum Gasteiger partial charge on any atom is -0.491 e. The Morgan fingerprint density at radius 1 is 1.23 bits per heavy atom. The largest absolute Gasteiger partial charge is 0.491 e. The quantitative estimate of drug-likeness (QED) is 0.402. The minimum absolute atomic E-state index is 0.0461. The van der Waals surface area contributed by atoms with Gasteiger partial charge in [0.25, 0.3) is 5.91 Å². The molecule has 2 aromatic carbocycles. The summed E-state index contributed by atoms with van der Waals surface area (Å²) in [6, 6.07) is 12.8. The molecule has 1 unspecified atom stereocenters. The van der Waals surface area contributed by atoms with Gasteiger partial charge in [0.2, 0.25) is 10.0 Å². The van der Waals surface area contributed by atoms with E-state index in [1.165, 1.54) is 18.2 Å². The molecule has 7 nitrogen and oxygen atoms in total. The Labute approximate surface area is 182 Å². The van der Waals surface area contributed by atoms with Crippen LogP contribution in [0.25, 0.3) is 0 Å². The van der Waals surface area contributed by atoms with Gasteiger partial charge in [-0.1, -0.05) is 19.1 Å². The second kappa shape index (κ2) is 10.9. The first-order valence-electron chi connectivity index (χ1n) is 9.35. The van der Waals surface area contributed by atoms with E-state index in [0.717, 1.165) is 6.42 Å². The molecule has 2 rings (SSSR count). The van der Waals surface area contributed by atoms with Crippen LogP contribution in [0.5, 0.6) is 5.75 Å². The van der Waals surface area contributed by atoms with Crippen molar-refractivity contribution < 1.29 is 17.9 Å². The average molecular weight is 448 g/mol. The van der Waals surface area contributed by atoms with Crippen molar-refractivity contribution in [3.05, 3.63) is 66.7 Å². The minimum atomic E-state index is -3.60. The lowest BCUT2D eigenvalue weighted by Gasteiger charge is -2.14. The number of ether oxygens (including phenoxy) is 1. The summed E-state index contributed by atoms with van der Waals surface area (Å²) in [5.74, 6) is 0.229. The summed E-state index contributed by atoms with van der Waals surface area (Å²) in [6.45, 7) is 7.59. The van der Waals surface area contributed by atoms with Gasteiger partial charge in [-0.05, 0) is 68.0 Å². The number of thiocarbonyl (C=S) groups is 1. The summed E-state index contributed by atoms with van der Waals surface area (Å²) in [6.07, 6.45) is 2.36. The molecule has 0 aliphatic heterocycles. The second-order valence-electron chi connectivity index (χ2n) is 6.44. The third kappa shape index (κ3) is 6.94. The number of sulfonamides is 1. The number of hydrogen-bond donors (Lipinski definition) is 3. The fourth-order valence-corrected chi connectivity index (χ4v) is 3.54. The van der Waals surface area contributed by atoms with Crippen LogP contribution in [0.3, 0.4) is 0 Å². The SMILES string of the molecule is C=CCNS(=O)(=O)c1ccc(NC(=S)NC(=O)c2cccc(OC(C)CC)c2)cc1. The van der Waals surface area contributed by atoms with Crippen LogP contribution in [0.15, 0.2) is 66.1 Å². The van der Waals surface area contributed by atoms with E-state index >= 15 is 0 Å². The second-order valence-corrected chi connectivity index (χ2v) is 8.61. The maximum absolute atomic E-state index is 12.4. The predicted octanol–water partition coefficient (Wildman–Crippen LogP) is 3.46. The molecule has 0 fully saturated rings. The third-order valence-corrected chi connectivity index (χ3v) is 5.72. The molecule has 1 atom stereocenters. The normalized spacial score (nSPS) is 11.9. The fourth-order valence-electron chi connectivity index (χ4n) is 2.33. The van der Waals surface area contributed by atoms with Gasteiger partial charge >= 0.3 is 0 Å².